The number of nitrogens with two attached hydrogens (primary N) is 1. The molecule has 0 saturated heterocycles. The number of rotatable bonds is 3. The fourth-order valence-corrected chi connectivity index (χ4v) is 3.39. The van der Waals surface area contributed by atoms with Crippen LogP contribution in [0.5, 0.6) is 0 Å². The highest BCUT2D eigenvalue weighted by atomic mass is 16.5. The summed E-state index contributed by atoms with van der Waals surface area (Å²) in [5, 5.41) is 1.32. The Balaban J connectivity index is 2.23. The Labute approximate surface area is 114 Å². The largest absolute Gasteiger partial charge is 0.367 e. The van der Waals surface area contributed by atoms with Crippen molar-refractivity contribution in [2.75, 3.05) is 6.61 Å². The normalized spacial score (nSPS) is 24.4. The molecule has 0 spiro atoms. The number of ether oxygens (including phenoxy) is 1. The van der Waals surface area contributed by atoms with Gasteiger partial charge in [-0.05, 0) is 30.9 Å². The third-order valence-corrected chi connectivity index (χ3v) is 4.51. The quantitative estimate of drug-likeness (QED) is 0.889. The maximum Gasteiger partial charge on any atom is 0.123 e. The number of hydrogen-bond acceptors (Lipinski definition) is 2. The third-order valence-electron chi connectivity index (χ3n) is 4.51. The smallest absolute Gasteiger partial charge is 0.123 e. The first-order valence-electron chi connectivity index (χ1n) is 7.22. The Morgan fingerprint density at radius 2 is 2.16 bits per heavy atom. The van der Waals surface area contributed by atoms with Crippen LogP contribution in [0.4, 0.5) is 0 Å². The number of nitrogens with one attached hydrogen (secondary N) is 1. The number of H-pyrrole nitrogens is 1. The average Bonchev–Trinajstić information content (AvgIpc) is 2.85. The van der Waals surface area contributed by atoms with Gasteiger partial charge in [0.25, 0.3) is 0 Å². The van der Waals surface area contributed by atoms with Crippen molar-refractivity contribution in [2.45, 2.75) is 44.8 Å². The second-order valence-electron chi connectivity index (χ2n) is 5.38. The Morgan fingerprint density at radius 1 is 1.37 bits per heavy atom. The zero-order valence-electron chi connectivity index (χ0n) is 11.7. The predicted octanol–water partition coefficient (Wildman–Crippen LogP) is 3.08. The lowest BCUT2D eigenvalue weighted by Gasteiger charge is -2.41. The third kappa shape index (κ3) is 1.72. The van der Waals surface area contributed by atoms with Crippen LogP contribution in [-0.2, 0) is 16.8 Å². The molecule has 3 nitrogen and oxygen atoms in total. The van der Waals surface area contributed by atoms with E-state index in [2.05, 4.69) is 43.1 Å². The molecule has 1 aromatic heterocycles. The van der Waals surface area contributed by atoms with Crippen LogP contribution in [0.25, 0.3) is 10.9 Å². The van der Waals surface area contributed by atoms with Gasteiger partial charge in [-0.2, -0.15) is 0 Å². The van der Waals surface area contributed by atoms with Crippen molar-refractivity contribution >= 4 is 10.9 Å². The molecule has 3 N–H and O–H groups in total. The molecule has 0 fully saturated rings. The van der Waals surface area contributed by atoms with E-state index in [4.69, 9.17) is 10.5 Å². The van der Waals surface area contributed by atoms with Crippen molar-refractivity contribution in [1.82, 2.24) is 4.98 Å². The van der Waals surface area contributed by atoms with Gasteiger partial charge in [0.05, 0.1) is 12.3 Å². The molecule has 2 aromatic rings. The molecule has 2 unspecified atom stereocenters. The zero-order valence-corrected chi connectivity index (χ0v) is 11.7. The zero-order chi connectivity index (χ0) is 13.5. The highest BCUT2D eigenvalue weighted by Gasteiger charge is 2.42. The first-order chi connectivity index (χ1) is 9.23. The molecule has 1 aliphatic heterocycles. The summed E-state index contributed by atoms with van der Waals surface area (Å²) in [6.07, 6.45) is 2.79. The van der Waals surface area contributed by atoms with Crippen molar-refractivity contribution in [3.8, 4) is 0 Å². The van der Waals surface area contributed by atoms with Crippen molar-refractivity contribution in [2.24, 2.45) is 5.73 Å². The number of fused-ring (bicyclic) bond motifs is 3. The van der Waals surface area contributed by atoms with Gasteiger partial charge in [-0.1, -0.05) is 32.0 Å². The molecule has 19 heavy (non-hydrogen) atoms. The fraction of sp³-hybridized carbons (Fsp3) is 0.500. The topological polar surface area (TPSA) is 51.0 Å². The second kappa shape index (κ2) is 4.66. The summed E-state index contributed by atoms with van der Waals surface area (Å²) >= 11 is 0. The van der Waals surface area contributed by atoms with E-state index in [9.17, 15) is 0 Å². The molecule has 0 aliphatic carbocycles. The number of benzene rings is 1. The van der Waals surface area contributed by atoms with Crippen LogP contribution in [0.1, 0.15) is 37.9 Å². The molecule has 0 saturated carbocycles. The standard InChI is InChI=1S/C16H22N2O/c1-3-14(17)16(4-2)15-12(9-10-19-16)11-7-5-6-8-13(11)18-15/h5-8,14,18H,3-4,9-10,17H2,1-2H3. The van der Waals surface area contributed by atoms with Gasteiger partial charge in [-0.15, -0.1) is 0 Å². The summed E-state index contributed by atoms with van der Waals surface area (Å²) in [6.45, 7) is 5.05. The summed E-state index contributed by atoms with van der Waals surface area (Å²) in [7, 11) is 0. The van der Waals surface area contributed by atoms with Gasteiger partial charge < -0.3 is 15.5 Å². The van der Waals surface area contributed by atoms with Gasteiger partial charge >= 0.3 is 0 Å². The van der Waals surface area contributed by atoms with E-state index in [1.165, 1.54) is 22.2 Å². The molecular weight excluding hydrogens is 236 g/mol. The molecule has 0 bridgehead atoms. The molecule has 1 aliphatic rings. The number of hydrogen-bond donors (Lipinski definition) is 2. The number of aromatic nitrogens is 1. The molecule has 2 heterocycles. The van der Waals surface area contributed by atoms with Crippen molar-refractivity contribution < 1.29 is 4.74 Å². The van der Waals surface area contributed by atoms with Gasteiger partial charge in [-0.25, -0.2) is 0 Å². The van der Waals surface area contributed by atoms with Crippen LogP contribution in [0, 0.1) is 0 Å². The number of para-hydroxylation sites is 1. The van der Waals surface area contributed by atoms with Crippen molar-refractivity contribution in [3.05, 3.63) is 35.5 Å². The van der Waals surface area contributed by atoms with Crippen molar-refractivity contribution in [1.29, 1.82) is 0 Å². The van der Waals surface area contributed by atoms with Crippen molar-refractivity contribution in [3.63, 3.8) is 0 Å². The first-order valence-corrected chi connectivity index (χ1v) is 7.22. The minimum Gasteiger partial charge on any atom is -0.367 e. The van der Waals surface area contributed by atoms with E-state index in [1.807, 2.05) is 0 Å². The minimum absolute atomic E-state index is 0.0320. The Bertz CT molecular complexity index is 589. The monoisotopic (exact) mass is 258 g/mol. The maximum atomic E-state index is 6.38. The molecule has 0 amide bonds. The van der Waals surface area contributed by atoms with Crippen LogP contribution in [-0.4, -0.2) is 17.6 Å². The van der Waals surface area contributed by atoms with E-state index in [0.717, 1.165) is 25.9 Å². The van der Waals surface area contributed by atoms with E-state index in [1.54, 1.807) is 0 Å². The molecule has 2 atom stereocenters. The summed E-state index contributed by atoms with van der Waals surface area (Å²) in [5.41, 5.74) is 9.83. The van der Waals surface area contributed by atoms with E-state index in [-0.39, 0.29) is 11.6 Å². The Hall–Kier alpha value is -1.32. The predicted molar refractivity (Wildman–Crippen MR) is 78.2 cm³/mol. The van der Waals surface area contributed by atoms with Gasteiger partial charge in [0.2, 0.25) is 0 Å². The second-order valence-corrected chi connectivity index (χ2v) is 5.38. The lowest BCUT2D eigenvalue weighted by atomic mass is 9.82. The molecule has 3 rings (SSSR count). The molecule has 3 heteroatoms. The van der Waals surface area contributed by atoms with Gasteiger partial charge in [0.1, 0.15) is 5.60 Å². The van der Waals surface area contributed by atoms with Crippen LogP contribution < -0.4 is 5.73 Å². The summed E-state index contributed by atoms with van der Waals surface area (Å²) in [4.78, 5) is 3.57. The summed E-state index contributed by atoms with van der Waals surface area (Å²) < 4.78 is 6.17. The van der Waals surface area contributed by atoms with E-state index < -0.39 is 0 Å². The summed E-state index contributed by atoms with van der Waals surface area (Å²) in [6, 6.07) is 8.52. The van der Waals surface area contributed by atoms with E-state index >= 15 is 0 Å². The lowest BCUT2D eigenvalue weighted by Crippen LogP contribution is -2.49. The molecule has 0 radical (unpaired) electrons. The van der Waals surface area contributed by atoms with Gasteiger partial charge in [-0.3, -0.25) is 0 Å². The molecule has 102 valence electrons. The summed E-state index contributed by atoms with van der Waals surface area (Å²) in [5.74, 6) is 0. The van der Waals surface area contributed by atoms with Crippen LogP contribution in [0.2, 0.25) is 0 Å². The Morgan fingerprint density at radius 3 is 2.89 bits per heavy atom. The Kier molecular flexibility index (Phi) is 3.11. The molecular formula is C16H22N2O. The van der Waals surface area contributed by atoms with Gasteiger partial charge in [0.15, 0.2) is 0 Å². The highest BCUT2D eigenvalue weighted by Crippen LogP contribution is 2.41. The molecule has 1 aromatic carbocycles. The maximum absolute atomic E-state index is 6.38. The van der Waals surface area contributed by atoms with Crippen LogP contribution in [0.15, 0.2) is 24.3 Å². The highest BCUT2D eigenvalue weighted by molar-refractivity contribution is 5.85. The SMILES string of the molecule is CCC(N)C1(CC)OCCc2c1[nH]c1ccccc21. The van der Waals surface area contributed by atoms with E-state index in [0.29, 0.717) is 0 Å². The van der Waals surface area contributed by atoms with Crippen LogP contribution >= 0.6 is 0 Å². The first kappa shape index (κ1) is 12.7. The fourth-order valence-electron chi connectivity index (χ4n) is 3.39. The van der Waals surface area contributed by atoms with Crippen LogP contribution in [0.3, 0.4) is 0 Å². The number of aromatic amines is 1. The minimum atomic E-state index is -0.346. The van der Waals surface area contributed by atoms with Gasteiger partial charge in [0, 0.05) is 16.9 Å². The average molecular weight is 258 g/mol. The lowest BCUT2D eigenvalue weighted by molar-refractivity contribution is -0.0845.